The molecule has 0 saturated carbocycles. The molecule has 0 aromatic carbocycles. The maximum Gasteiger partial charge on any atom is 0.00966 e. The summed E-state index contributed by atoms with van der Waals surface area (Å²) in [6.45, 7) is 23.1. The fourth-order valence-electron chi connectivity index (χ4n) is 2.24. The minimum atomic E-state index is 0.231. The molecule has 0 fully saturated rings. The summed E-state index contributed by atoms with van der Waals surface area (Å²) in [5, 5.41) is 3.61. The third-order valence-corrected chi connectivity index (χ3v) is 2.80. The van der Waals surface area contributed by atoms with Gasteiger partial charge in [0.2, 0.25) is 0 Å². The maximum absolute atomic E-state index is 3.61. The summed E-state index contributed by atoms with van der Waals surface area (Å²) in [6, 6.07) is 0. The van der Waals surface area contributed by atoms with Crippen molar-refractivity contribution in [1.82, 2.24) is 10.2 Å². The normalized spacial score (nSPS) is 14.8. The lowest BCUT2D eigenvalue weighted by Gasteiger charge is -2.30. The summed E-state index contributed by atoms with van der Waals surface area (Å²) in [5.74, 6) is 2.22. The number of hydrogen-bond acceptors (Lipinski definition) is 2. The SMILES string of the molecule is CC(C)CN(CC(C)C)CC(C)CNC(C)(C)C. The topological polar surface area (TPSA) is 15.3 Å². The smallest absolute Gasteiger partial charge is 0.00966 e. The Morgan fingerprint density at radius 2 is 1.28 bits per heavy atom. The summed E-state index contributed by atoms with van der Waals surface area (Å²) in [7, 11) is 0. The predicted octanol–water partition coefficient (Wildman–Crippen LogP) is 3.62. The zero-order valence-corrected chi connectivity index (χ0v) is 14.0. The molecule has 1 unspecified atom stereocenters. The largest absolute Gasteiger partial charge is 0.312 e. The second kappa shape index (κ2) is 8.16. The van der Waals surface area contributed by atoms with E-state index in [1.54, 1.807) is 0 Å². The molecule has 0 spiro atoms. The van der Waals surface area contributed by atoms with Crippen LogP contribution >= 0.6 is 0 Å². The first-order chi connectivity index (χ1) is 8.10. The fourth-order valence-corrected chi connectivity index (χ4v) is 2.24. The van der Waals surface area contributed by atoms with E-state index >= 15 is 0 Å². The molecule has 18 heavy (non-hydrogen) atoms. The monoisotopic (exact) mass is 256 g/mol. The van der Waals surface area contributed by atoms with Crippen molar-refractivity contribution in [3.05, 3.63) is 0 Å². The molecule has 0 aliphatic carbocycles. The highest BCUT2D eigenvalue weighted by Crippen LogP contribution is 2.08. The first kappa shape index (κ1) is 17.9. The van der Waals surface area contributed by atoms with Crippen LogP contribution in [0.4, 0.5) is 0 Å². The molecule has 0 saturated heterocycles. The second-order valence-electron chi connectivity index (χ2n) is 7.74. The Labute approximate surface area is 116 Å². The molecule has 0 rings (SSSR count). The van der Waals surface area contributed by atoms with Crippen molar-refractivity contribution in [2.75, 3.05) is 26.2 Å². The van der Waals surface area contributed by atoms with Crippen LogP contribution in [-0.4, -0.2) is 36.6 Å². The van der Waals surface area contributed by atoms with Crippen LogP contribution in [0.1, 0.15) is 55.4 Å². The van der Waals surface area contributed by atoms with Crippen LogP contribution in [-0.2, 0) is 0 Å². The van der Waals surface area contributed by atoms with Gasteiger partial charge in [-0.05, 0) is 45.1 Å². The molecule has 0 bridgehead atoms. The lowest BCUT2D eigenvalue weighted by molar-refractivity contribution is 0.187. The number of nitrogens with zero attached hydrogens (tertiary/aromatic N) is 1. The van der Waals surface area contributed by atoms with E-state index in [1.807, 2.05) is 0 Å². The summed E-state index contributed by atoms with van der Waals surface area (Å²) < 4.78 is 0. The Hall–Kier alpha value is -0.0800. The Kier molecular flexibility index (Phi) is 8.13. The van der Waals surface area contributed by atoms with Crippen molar-refractivity contribution >= 4 is 0 Å². The van der Waals surface area contributed by atoms with Crippen LogP contribution in [0.3, 0.4) is 0 Å². The van der Waals surface area contributed by atoms with Crippen LogP contribution in [0.5, 0.6) is 0 Å². The van der Waals surface area contributed by atoms with E-state index in [4.69, 9.17) is 0 Å². The number of hydrogen-bond donors (Lipinski definition) is 1. The maximum atomic E-state index is 3.61. The van der Waals surface area contributed by atoms with Crippen LogP contribution in [0, 0.1) is 17.8 Å². The van der Waals surface area contributed by atoms with Crippen molar-refractivity contribution in [2.24, 2.45) is 17.8 Å². The van der Waals surface area contributed by atoms with Gasteiger partial charge < -0.3 is 10.2 Å². The summed E-state index contributed by atoms with van der Waals surface area (Å²) in [6.07, 6.45) is 0. The molecule has 0 aliphatic rings. The van der Waals surface area contributed by atoms with Gasteiger partial charge in [0, 0.05) is 25.2 Å². The molecule has 0 aromatic rings. The summed E-state index contributed by atoms with van der Waals surface area (Å²) in [5.41, 5.74) is 0.231. The average molecular weight is 256 g/mol. The van der Waals surface area contributed by atoms with Gasteiger partial charge >= 0.3 is 0 Å². The van der Waals surface area contributed by atoms with E-state index in [1.165, 1.54) is 19.6 Å². The molecule has 0 heterocycles. The van der Waals surface area contributed by atoms with Gasteiger partial charge in [-0.3, -0.25) is 0 Å². The predicted molar refractivity (Wildman–Crippen MR) is 83.0 cm³/mol. The van der Waals surface area contributed by atoms with Gasteiger partial charge in [0.1, 0.15) is 0 Å². The average Bonchev–Trinajstić information content (AvgIpc) is 2.11. The van der Waals surface area contributed by atoms with Crippen molar-refractivity contribution in [3.63, 3.8) is 0 Å². The third-order valence-electron chi connectivity index (χ3n) is 2.80. The number of nitrogens with one attached hydrogen (secondary N) is 1. The molecule has 2 heteroatoms. The van der Waals surface area contributed by atoms with Crippen LogP contribution in [0.25, 0.3) is 0 Å². The molecule has 2 nitrogen and oxygen atoms in total. The molecular weight excluding hydrogens is 220 g/mol. The molecule has 0 radical (unpaired) electrons. The van der Waals surface area contributed by atoms with E-state index < -0.39 is 0 Å². The Morgan fingerprint density at radius 1 is 0.833 bits per heavy atom. The zero-order valence-electron chi connectivity index (χ0n) is 14.0. The first-order valence-corrected chi connectivity index (χ1v) is 7.57. The Bertz CT molecular complexity index is 194. The standard InChI is InChI=1S/C16H36N2/c1-13(2)10-18(11-14(3)4)12-15(5)9-17-16(6,7)8/h13-15,17H,9-12H2,1-8H3. The Morgan fingerprint density at radius 3 is 1.61 bits per heavy atom. The van der Waals surface area contributed by atoms with E-state index in [9.17, 15) is 0 Å². The van der Waals surface area contributed by atoms with Gasteiger partial charge in [0.25, 0.3) is 0 Å². The summed E-state index contributed by atoms with van der Waals surface area (Å²) in [4.78, 5) is 2.63. The summed E-state index contributed by atoms with van der Waals surface area (Å²) >= 11 is 0. The van der Waals surface area contributed by atoms with Gasteiger partial charge in [-0.1, -0.05) is 34.6 Å². The molecule has 1 atom stereocenters. The van der Waals surface area contributed by atoms with Crippen molar-refractivity contribution in [2.45, 2.75) is 60.9 Å². The van der Waals surface area contributed by atoms with Crippen LogP contribution in [0.15, 0.2) is 0 Å². The van der Waals surface area contributed by atoms with E-state index in [0.717, 1.165) is 18.4 Å². The van der Waals surface area contributed by atoms with Gasteiger partial charge in [0.05, 0.1) is 0 Å². The van der Waals surface area contributed by atoms with E-state index in [-0.39, 0.29) is 5.54 Å². The zero-order chi connectivity index (χ0) is 14.3. The van der Waals surface area contributed by atoms with Gasteiger partial charge in [0.15, 0.2) is 0 Å². The van der Waals surface area contributed by atoms with Crippen LogP contribution in [0.2, 0.25) is 0 Å². The number of rotatable bonds is 8. The third kappa shape index (κ3) is 11.0. The molecule has 0 aliphatic heterocycles. The van der Waals surface area contributed by atoms with Gasteiger partial charge in [-0.2, -0.15) is 0 Å². The van der Waals surface area contributed by atoms with Crippen molar-refractivity contribution < 1.29 is 0 Å². The van der Waals surface area contributed by atoms with Crippen LogP contribution < -0.4 is 5.32 Å². The molecule has 0 amide bonds. The molecular formula is C16H36N2. The lowest BCUT2D eigenvalue weighted by Crippen LogP contribution is -2.42. The lowest BCUT2D eigenvalue weighted by atomic mass is 10.0. The van der Waals surface area contributed by atoms with E-state index in [0.29, 0.717) is 5.92 Å². The highest BCUT2D eigenvalue weighted by molar-refractivity contribution is 4.74. The van der Waals surface area contributed by atoms with Crippen molar-refractivity contribution in [1.29, 1.82) is 0 Å². The minimum Gasteiger partial charge on any atom is -0.312 e. The fraction of sp³-hybridized carbons (Fsp3) is 1.00. The molecule has 0 aromatic heterocycles. The second-order valence-corrected chi connectivity index (χ2v) is 7.74. The van der Waals surface area contributed by atoms with E-state index in [2.05, 4.69) is 65.6 Å². The first-order valence-electron chi connectivity index (χ1n) is 7.57. The van der Waals surface area contributed by atoms with Gasteiger partial charge in [-0.25, -0.2) is 0 Å². The Balaban J connectivity index is 4.13. The minimum absolute atomic E-state index is 0.231. The molecule has 1 N–H and O–H groups in total. The quantitative estimate of drug-likeness (QED) is 0.713. The van der Waals surface area contributed by atoms with Crippen molar-refractivity contribution in [3.8, 4) is 0 Å². The highest BCUT2D eigenvalue weighted by atomic mass is 15.1. The highest BCUT2D eigenvalue weighted by Gasteiger charge is 2.15. The molecule has 110 valence electrons. The van der Waals surface area contributed by atoms with Gasteiger partial charge in [-0.15, -0.1) is 0 Å².